The molecule has 0 spiro atoms. The van der Waals surface area contributed by atoms with Crippen LogP contribution in [0.15, 0.2) is 12.4 Å². The molecule has 0 amide bonds. The summed E-state index contributed by atoms with van der Waals surface area (Å²) in [6.07, 6.45) is 7.32. The van der Waals surface area contributed by atoms with Gasteiger partial charge in [0.1, 0.15) is 6.10 Å². The van der Waals surface area contributed by atoms with E-state index in [0.717, 1.165) is 32.2 Å². The third-order valence-corrected chi connectivity index (χ3v) is 2.48. The maximum Gasteiger partial charge on any atom is 0.137 e. The topological polar surface area (TPSA) is 60.2 Å². The van der Waals surface area contributed by atoms with E-state index in [1.54, 1.807) is 13.1 Å². The molecule has 1 unspecified atom stereocenters. The molecule has 0 bridgehead atoms. The molecule has 1 heterocycles. The van der Waals surface area contributed by atoms with Crippen molar-refractivity contribution in [3.63, 3.8) is 0 Å². The number of hydrogen-bond donors (Lipinski definition) is 1. The summed E-state index contributed by atoms with van der Waals surface area (Å²) in [5, 5.41) is 16.9. The molecular weight excluding hydrogens is 230 g/mol. The molecule has 1 rings (SSSR count). The van der Waals surface area contributed by atoms with E-state index in [1.165, 1.54) is 0 Å². The van der Waals surface area contributed by atoms with Gasteiger partial charge in [0.15, 0.2) is 0 Å². The monoisotopic (exact) mass is 251 g/mol. The van der Waals surface area contributed by atoms with Gasteiger partial charge in [-0.05, 0) is 19.8 Å². The van der Waals surface area contributed by atoms with Crippen molar-refractivity contribution < 1.29 is 9.84 Å². The smallest absolute Gasteiger partial charge is 0.137 e. The minimum atomic E-state index is -0.651. The zero-order valence-electron chi connectivity index (χ0n) is 10.9. The number of hydrogen-bond acceptors (Lipinski definition) is 4. The lowest BCUT2D eigenvalue weighted by atomic mass is 10.2. The SMILES string of the molecule is CC#CC(O)COCCCCCCn1ccnn1. The largest absolute Gasteiger partial charge is 0.378 e. The van der Waals surface area contributed by atoms with Crippen LogP contribution in [0.3, 0.4) is 0 Å². The van der Waals surface area contributed by atoms with Crippen LogP contribution in [-0.2, 0) is 11.3 Å². The number of unbranched alkanes of at least 4 members (excludes halogenated alkanes) is 3. The van der Waals surface area contributed by atoms with Crippen LogP contribution in [0, 0.1) is 11.8 Å². The van der Waals surface area contributed by atoms with Crippen LogP contribution in [0.1, 0.15) is 32.6 Å². The van der Waals surface area contributed by atoms with E-state index >= 15 is 0 Å². The quantitative estimate of drug-likeness (QED) is 0.530. The van der Waals surface area contributed by atoms with Crippen LogP contribution in [0.5, 0.6) is 0 Å². The predicted octanol–water partition coefficient (Wildman–Crippen LogP) is 1.24. The predicted molar refractivity (Wildman–Crippen MR) is 68.8 cm³/mol. The van der Waals surface area contributed by atoms with Gasteiger partial charge in [-0.2, -0.15) is 0 Å². The van der Waals surface area contributed by atoms with E-state index in [9.17, 15) is 5.11 Å². The summed E-state index contributed by atoms with van der Waals surface area (Å²) in [4.78, 5) is 0. The highest BCUT2D eigenvalue weighted by Crippen LogP contribution is 2.02. The number of aliphatic hydroxyl groups excluding tert-OH is 1. The fourth-order valence-corrected chi connectivity index (χ4v) is 1.59. The minimum absolute atomic E-state index is 0.305. The minimum Gasteiger partial charge on any atom is -0.378 e. The highest BCUT2D eigenvalue weighted by atomic mass is 16.5. The van der Waals surface area contributed by atoms with Crippen LogP contribution in [0.4, 0.5) is 0 Å². The van der Waals surface area contributed by atoms with Crippen molar-refractivity contribution in [2.75, 3.05) is 13.2 Å². The Morgan fingerprint density at radius 1 is 1.33 bits per heavy atom. The van der Waals surface area contributed by atoms with Crippen molar-refractivity contribution in [1.29, 1.82) is 0 Å². The first-order valence-electron chi connectivity index (χ1n) is 6.35. The zero-order chi connectivity index (χ0) is 13.1. The van der Waals surface area contributed by atoms with E-state index in [2.05, 4.69) is 22.2 Å². The van der Waals surface area contributed by atoms with Crippen molar-refractivity contribution in [2.24, 2.45) is 0 Å². The van der Waals surface area contributed by atoms with Crippen LogP contribution in [-0.4, -0.2) is 39.4 Å². The summed E-state index contributed by atoms with van der Waals surface area (Å²) in [6, 6.07) is 0. The summed E-state index contributed by atoms with van der Waals surface area (Å²) in [5.41, 5.74) is 0. The van der Waals surface area contributed by atoms with Gasteiger partial charge in [0, 0.05) is 19.3 Å². The van der Waals surface area contributed by atoms with Crippen LogP contribution in [0.2, 0.25) is 0 Å². The molecule has 5 nitrogen and oxygen atoms in total. The van der Waals surface area contributed by atoms with E-state index in [-0.39, 0.29) is 0 Å². The first-order valence-corrected chi connectivity index (χ1v) is 6.35. The van der Waals surface area contributed by atoms with Crippen LogP contribution in [0.25, 0.3) is 0 Å². The molecule has 5 heteroatoms. The van der Waals surface area contributed by atoms with Crippen molar-refractivity contribution in [3.05, 3.63) is 12.4 Å². The second kappa shape index (κ2) is 9.63. The first kappa shape index (κ1) is 14.7. The molecule has 0 radical (unpaired) electrons. The molecule has 100 valence electrons. The van der Waals surface area contributed by atoms with Gasteiger partial charge in [0.25, 0.3) is 0 Å². The Labute approximate surface area is 108 Å². The number of aromatic nitrogens is 3. The van der Waals surface area contributed by atoms with E-state index < -0.39 is 6.10 Å². The van der Waals surface area contributed by atoms with Crippen LogP contribution < -0.4 is 0 Å². The number of ether oxygens (including phenoxy) is 1. The van der Waals surface area contributed by atoms with Crippen molar-refractivity contribution in [1.82, 2.24) is 15.0 Å². The molecule has 0 fully saturated rings. The molecule has 18 heavy (non-hydrogen) atoms. The Hall–Kier alpha value is -1.38. The van der Waals surface area contributed by atoms with Gasteiger partial charge in [-0.15, -0.1) is 11.0 Å². The Morgan fingerprint density at radius 2 is 2.17 bits per heavy atom. The highest BCUT2D eigenvalue weighted by Gasteiger charge is 1.98. The van der Waals surface area contributed by atoms with E-state index in [0.29, 0.717) is 13.2 Å². The number of rotatable bonds is 9. The second-order valence-electron chi connectivity index (χ2n) is 4.07. The average molecular weight is 251 g/mol. The first-order chi connectivity index (χ1) is 8.83. The molecule has 0 aliphatic heterocycles. The Bertz CT molecular complexity index is 354. The van der Waals surface area contributed by atoms with Crippen molar-refractivity contribution in [3.8, 4) is 11.8 Å². The summed E-state index contributed by atoms with van der Waals surface area (Å²) in [6.45, 7) is 3.62. The van der Waals surface area contributed by atoms with E-state index in [1.807, 2.05) is 10.9 Å². The molecular formula is C13H21N3O2. The second-order valence-corrected chi connectivity index (χ2v) is 4.07. The lowest BCUT2D eigenvalue weighted by molar-refractivity contribution is 0.0617. The maximum absolute atomic E-state index is 9.28. The van der Waals surface area contributed by atoms with Gasteiger partial charge < -0.3 is 9.84 Å². The molecule has 1 aromatic heterocycles. The Morgan fingerprint density at radius 3 is 2.89 bits per heavy atom. The fraction of sp³-hybridized carbons (Fsp3) is 0.692. The molecule has 0 aliphatic rings. The number of aryl methyl sites for hydroxylation is 1. The summed E-state index contributed by atoms with van der Waals surface area (Å²) < 4.78 is 7.16. The zero-order valence-corrected chi connectivity index (χ0v) is 10.9. The van der Waals surface area contributed by atoms with Gasteiger partial charge in [0.2, 0.25) is 0 Å². The standard InChI is InChI=1S/C13H21N3O2/c1-2-7-13(17)12-18-11-6-4-3-5-9-16-10-8-14-15-16/h8,10,13,17H,3-6,9,11-12H2,1H3. The van der Waals surface area contributed by atoms with Crippen molar-refractivity contribution in [2.45, 2.75) is 45.3 Å². The molecule has 1 atom stereocenters. The fourth-order valence-electron chi connectivity index (χ4n) is 1.59. The Balaban J connectivity index is 1.85. The molecule has 0 aliphatic carbocycles. The lowest BCUT2D eigenvalue weighted by Crippen LogP contribution is -2.13. The maximum atomic E-state index is 9.28. The third-order valence-electron chi connectivity index (χ3n) is 2.48. The number of aliphatic hydroxyl groups is 1. The molecule has 0 saturated carbocycles. The summed E-state index contributed by atoms with van der Waals surface area (Å²) in [5.74, 6) is 5.29. The van der Waals surface area contributed by atoms with E-state index in [4.69, 9.17) is 4.74 Å². The molecule has 0 saturated heterocycles. The van der Waals surface area contributed by atoms with Gasteiger partial charge in [-0.25, -0.2) is 0 Å². The van der Waals surface area contributed by atoms with Gasteiger partial charge in [-0.1, -0.05) is 24.0 Å². The van der Waals surface area contributed by atoms with Crippen LogP contribution >= 0.6 is 0 Å². The average Bonchev–Trinajstić information content (AvgIpc) is 2.86. The molecule has 1 aromatic rings. The highest BCUT2D eigenvalue weighted by molar-refractivity contribution is 5.01. The third kappa shape index (κ3) is 7.05. The Kier molecular flexibility index (Phi) is 7.85. The molecule has 1 N–H and O–H groups in total. The summed E-state index contributed by atoms with van der Waals surface area (Å²) >= 11 is 0. The molecule has 0 aromatic carbocycles. The number of nitrogens with zero attached hydrogens (tertiary/aromatic N) is 3. The van der Waals surface area contributed by atoms with Gasteiger partial charge in [0.05, 0.1) is 12.8 Å². The van der Waals surface area contributed by atoms with Gasteiger partial charge in [-0.3, -0.25) is 4.68 Å². The summed E-state index contributed by atoms with van der Waals surface area (Å²) in [7, 11) is 0. The van der Waals surface area contributed by atoms with Crippen molar-refractivity contribution >= 4 is 0 Å². The normalized spacial score (nSPS) is 11.9. The van der Waals surface area contributed by atoms with Gasteiger partial charge >= 0.3 is 0 Å². The lowest BCUT2D eigenvalue weighted by Gasteiger charge is -2.05.